The molecule has 0 unspecified atom stereocenters. The van der Waals surface area contributed by atoms with E-state index in [0.717, 1.165) is 18.2 Å². The van der Waals surface area contributed by atoms with Gasteiger partial charge in [0.05, 0.1) is 40.8 Å². The molecule has 194 valence electrons. The molecule has 0 saturated carbocycles. The van der Waals surface area contributed by atoms with Crippen LogP contribution in [0, 0.1) is 5.82 Å². The van der Waals surface area contributed by atoms with Gasteiger partial charge in [-0.1, -0.05) is 11.6 Å². The normalized spacial score (nSPS) is 23.7. The van der Waals surface area contributed by atoms with Gasteiger partial charge in [0.2, 0.25) is 16.0 Å². The molecule has 5 rings (SSSR count). The first-order chi connectivity index (χ1) is 17.0. The Morgan fingerprint density at radius 1 is 1.31 bits per heavy atom. The van der Waals surface area contributed by atoms with Crippen LogP contribution in [0.25, 0.3) is 22.3 Å². The lowest BCUT2D eigenvalue weighted by Crippen LogP contribution is -2.51. The van der Waals surface area contributed by atoms with Crippen molar-refractivity contribution < 1.29 is 23.0 Å². The van der Waals surface area contributed by atoms with Crippen molar-refractivity contribution in [1.82, 2.24) is 23.8 Å². The number of nitrogens with one attached hydrogen (secondary N) is 1. The Balaban J connectivity index is 1.53. The Bertz CT molecular complexity index is 1450. The molecule has 4 atom stereocenters. The van der Waals surface area contributed by atoms with Crippen LogP contribution in [0.5, 0.6) is 0 Å². The van der Waals surface area contributed by atoms with E-state index in [1.807, 2.05) is 11.5 Å². The van der Waals surface area contributed by atoms with E-state index in [1.165, 1.54) is 16.6 Å². The van der Waals surface area contributed by atoms with Crippen LogP contribution < -0.4 is 5.32 Å². The third-order valence-corrected chi connectivity index (χ3v) is 8.55. The lowest BCUT2D eigenvalue weighted by atomic mass is 9.93. The van der Waals surface area contributed by atoms with E-state index in [0.29, 0.717) is 35.4 Å². The van der Waals surface area contributed by atoms with Crippen LogP contribution in [0.1, 0.15) is 50.2 Å². The fraction of sp³-hybridized carbons (Fsp3) is 0.522. The highest BCUT2D eigenvalue weighted by molar-refractivity contribution is 7.88. The van der Waals surface area contributed by atoms with Crippen molar-refractivity contribution in [2.24, 2.45) is 0 Å². The van der Waals surface area contributed by atoms with Crippen molar-refractivity contribution in [2.45, 2.75) is 57.4 Å². The van der Waals surface area contributed by atoms with Crippen LogP contribution in [-0.4, -0.2) is 73.9 Å². The lowest BCUT2D eigenvalue weighted by molar-refractivity contribution is 0.0950. The fourth-order valence-corrected chi connectivity index (χ4v) is 6.22. The molecule has 3 N–H and O–H groups in total. The van der Waals surface area contributed by atoms with E-state index >= 15 is 4.39 Å². The first kappa shape index (κ1) is 25.3. The molecule has 36 heavy (non-hydrogen) atoms. The van der Waals surface area contributed by atoms with Crippen LogP contribution in [-0.2, 0) is 16.4 Å². The van der Waals surface area contributed by atoms with Gasteiger partial charge in [-0.15, -0.1) is 0 Å². The van der Waals surface area contributed by atoms with Crippen LogP contribution in [0.4, 0.5) is 10.3 Å². The topological polar surface area (TPSA) is 133 Å². The summed E-state index contributed by atoms with van der Waals surface area (Å²) in [6.45, 7) is 3.85. The number of hydrogen-bond acceptors (Lipinski definition) is 8. The second-order valence-electron chi connectivity index (χ2n) is 9.60. The van der Waals surface area contributed by atoms with Gasteiger partial charge in [-0.2, -0.15) is 4.31 Å². The molecule has 0 aliphatic carbocycles. The van der Waals surface area contributed by atoms with Gasteiger partial charge in [0.1, 0.15) is 17.4 Å². The Kier molecular flexibility index (Phi) is 6.44. The number of halogens is 2. The molecule has 2 aromatic heterocycles. The molecule has 0 bridgehead atoms. The molecular weight excluding hydrogens is 511 g/mol. The molecule has 1 fully saturated rings. The molecule has 1 saturated heterocycles. The monoisotopic (exact) mass is 538 g/mol. The second-order valence-corrected chi connectivity index (χ2v) is 12.0. The van der Waals surface area contributed by atoms with Crippen LogP contribution >= 0.6 is 11.6 Å². The van der Waals surface area contributed by atoms with Crippen molar-refractivity contribution in [2.75, 3.05) is 24.7 Å². The molecule has 0 amide bonds. The number of benzene rings is 1. The van der Waals surface area contributed by atoms with Crippen LogP contribution in [0.2, 0.25) is 5.02 Å². The summed E-state index contributed by atoms with van der Waals surface area (Å²) < 4.78 is 42.0. The predicted octanol–water partition coefficient (Wildman–Crippen LogP) is 2.65. The molecule has 0 radical (unpaired) electrons. The van der Waals surface area contributed by atoms with Crippen molar-refractivity contribution in [3.05, 3.63) is 34.5 Å². The number of anilines is 1. The highest BCUT2D eigenvalue weighted by Crippen LogP contribution is 2.41. The van der Waals surface area contributed by atoms with E-state index in [4.69, 9.17) is 11.6 Å². The SMILES string of the molecule is C[C@@H](O)c1nc2c(F)cc(-c3nc(N[C@@H]4CCN(S(C)(=O)=O)C[C@H]4O)ncc3Cl)c3c2n1[C@@H](C)CC3. The molecule has 2 aliphatic heterocycles. The molecule has 3 aromatic rings. The summed E-state index contributed by atoms with van der Waals surface area (Å²) in [4.78, 5) is 13.2. The van der Waals surface area contributed by atoms with Crippen LogP contribution in [0.15, 0.2) is 12.3 Å². The fourth-order valence-electron chi connectivity index (χ4n) is 5.17. The summed E-state index contributed by atoms with van der Waals surface area (Å²) in [5.74, 6) is 0.0765. The largest absolute Gasteiger partial charge is 0.390 e. The number of aliphatic hydroxyl groups is 2. The van der Waals surface area contributed by atoms with E-state index in [-0.39, 0.29) is 35.6 Å². The first-order valence-corrected chi connectivity index (χ1v) is 14.0. The minimum Gasteiger partial charge on any atom is -0.390 e. The summed E-state index contributed by atoms with van der Waals surface area (Å²) in [5, 5.41) is 24.1. The van der Waals surface area contributed by atoms with Crippen LogP contribution in [0.3, 0.4) is 0 Å². The van der Waals surface area contributed by atoms with Gasteiger partial charge in [-0.05, 0) is 44.7 Å². The smallest absolute Gasteiger partial charge is 0.223 e. The number of aromatic nitrogens is 4. The van der Waals surface area contributed by atoms with Crippen molar-refractivity contribution in [3.8, 4) is 11.3 Å². The number of hydrogen-bond donors (Lipinski definition) is 3. The molecule has 10 nitrogen and oxygen atoms in total. The Morgan fingerprint density at radius 3 is 2.72 bits per heavy atom. The quantitative estimate of drug-likeness (QED) is 0.451. The maximum Gasteiger partial charge on any atom is 0.223 e. The molecule has 13 heteroatoms. The zero-order valence-electron chi connectivity index (χ0n) is 20.1. The van der Waals surface area contributed by atoms with Gasteiger partial charge in [0, 0.05) is 24.7 Å². The number of sulfonamides is 1. The third-order valence-electron chi connectivity index (χ3n) is 7.00. The molecular formula is C23H28ClFN6O4S. The number of imidazole rings is 1. The highest BCUT2D eigenvalue weighted by Gasteiger charge is 2.33. The number of rotatable bonds is 5. The Labute approximate surface area is 213 Å². The standard InChI is InChI=1S/C23H28ClFN6O4S/c1-11-4-5-13-14(8-16(25)20-21(13)31(11)22(28-20)12(2)32)19-15(24)9-26-23(29-19)27-17-6-7-30(10-18(17)33)36(3,34)35/h8-9,11-12,17-18,32-33H,4-7,10H2,1-3H3,(H,26,27,29)/t11-,12+,17+,18+/m0/s1. The number of nitrogens with zero attached hydrogens (tertiary/aromatic N) is 5. The minimum absolute atomic E-state index is 0.0310. The summed E-state index contributed by atoms with van der Waals surface area (Å²) in [6.07, 6.45) is 2.51. The van der Waals surface area contributed by atoms with Crippen molar-refractivity contribution in [1.29, 1.82) is 0 Å². The van der Waals surface area contributed by atoms with Gasteiger partial charge < -0.3 is 20.1 Å². The highest BCUT2D eigenvalue weighted by atomic mass is 35.5. The summed E-state index contributed by atoms with van der Waals surface area (Å²) in [7, 11) is -3.40. The first-order valence-electron chi connectivity index (χ1n) is 11.8. The van der Waals surface area contributed by atoms with Gasteiger partial charge in [0.25, 0.3) is 0 Å². The number of β-amino-alcohol motifs (C(OH)–C–C–N with tert-alkyl or cyclic N) is 1. The number of aliphatic hydroxyl groups excluding tert-OH is 2. The maximum absolute atomic E-state index is 15.3. The van der Waals surface area contributed by atoms with Gasteiger partial charge >= 0.3 is 0 Å². The predicted molar refractivity (Wildman–Crippen MR) is 134 cm³/mol. The summed E-state index contributed by atoms with van der Waals surface area (Å²) in [6, 6.07) is 0.943. The van der Waals surface area contributed by atoms with E-state index in [1.54, 1.807) is 6.92 Å². The van der Waals surface area contributed by atoms with E-state index < -0.39 is 34.1 Å². The zero-order chi connectivity index (χ0) is 25.9. The molecule has 0 spiro atoms. The number of aryl methyl sites for hydroxylation is 1. The van der Waals surface area contributed by atoms with E-state index in [9.17, 15) is 18.6 Å². The van der Waals surface area contributed by atoms with Crippen molar-refractivity contribution in [3.63, 3.8) is 0 Å². The average Bonchev–Trinajstić information content (AvgIpc) is 3.22. The van der Waals surface area contributed by atoms with Gasteiger partial charge in [-0.25, -0.2) is 27.8 Å². The Morgan fingerprint density at radius 2 is 2.06 bits per heavy atom. The number of piperidine rings is 1. The van der Waals surface area contributed by atoms with Crippen molar-refractivity contribution >= 4 is 38.6 Å². The second kappa shape index (κ2) is 9.18. The molecule has 2 aliphatic rings. The summed E-state index contributed by atoms with van der Waals surface area (Å²) in [5.41, 5.74) is 2.55. The molecule has 1 aromatic carbocycles. The average molecular weight is 539 g/mol. The Hall–Kier alpha value is -2.38. The zero-order valence-corrected chi connectivity index (χ0v) is 21.7. The third kappa shape index (κ3) is 4.34. The van der Waals surface area contributed by atoms with E-state index in [2.05, 4.69) is 20.3 Å². The van der Waals surface area contributed by atoms with Gasteiger partial charge in [0.15, 0.2) is 5.82 Å². The summed E-state index contributed by atoms with van der Waals surface area (Å²) >= 11 is 6.49. The van der Waals surface area contributed by atoms with Gasteiger partial charge in [-0.3, -0.25) is 0 Å². The molecule has 4 heterocycles. The minimum atomic E-state index is -3.40. The maximum atomic E-state index is 15.3. The lowest BCUT2D eigenvalue weighted by Gasteiger charge is -2.34.